The summed E-state index contributed by atoms with van der Waals surface area (Å²) in [5.74, 6) is 0.278. The number of benzene rings is 1. The minimum Gasteiger partial charge on any atom is -0.391 e. The fourth-order valence-electron chi connectivity index (χ4n) is 3.84. The van der Waals surface area contributed by atoms with Gasteiger partial charge in [0.05, 0.1) is 18.1 Å². The summed E-state index contributed by atoms with van der Waals surface area (Å²) in [5.41, 5.74) is 3.79. The van der Waals surface area contributed by atoms with Gasteiger partial charge in [0.2, 0.25) is 0 Å². The van der Waals surface area contributed by atoms with Gasteiger partial charge in [0.1, 0.15) is 0 Å². The monoisotopic (exact) mass is 367 g/mol. The minimum absolute atomic E-state index is 0.278. The highest BCUT2D eigenvalue weighted by molar-refractivity contribution is 7.10. The highest BCUT2D eigenvalue weighted by Crippen LogP contribution is 2.34. The van der Waals surface area contributed by atoms with E-state index in [1.54, 1.807) is 11.3 Å². The molecule has 2 atom stereocenters. The van der Waals surface area contributed by atoms with Crippen LogP contribution >= 0.6 is 11.3 Å². The van der Waals surface area contributed by atoms with Gasteiger partial charge in [-0.3, -0.25) is 4.90 Å². The van der Waals surface area contributed by atoms with E-state index in [1.165, 1.54) is 21.7 Å². The van der Waals surface area contributed by atoms with Crippen LogP contribution in [-0.2, 0) is 13.1 Å². The molecule has 5 heteroatoms. The van der Waals surface area contributed by atoms with Crippen LogP contribution in [0.3, 0.4) is 0 Å². The normalized spacial score (nSPS) is 21.2. The Kier molecular flexibility index (Phi) is 5.20. The van der Waals surface area contributed by atoms with Crippen LogP contribution in [0.5, 0.6) is 0 Å². The van der Waals surface area contributed by atoms with Gasteiger partial charge >= 0.3 is 0 Å². The number of aromatic nitrogens is 2. The summed E-state index contributed by atoms with van der Waals surface area (Å²) < 4.78 is 2.21. The number of nitrogens with zero attached hydrogens (tertiary/aromatic N) is 3. The van der Waals surface area contributed by atoms with E-state index in [-0.39, 0.29) is 12.0 Å². The zero-order chi connectivity index (χ0) is 17.9. The van der Waals surface area contributed by atoms with Crippen LogP contribution in [0.2, 0.25) is 0 Å². The molecule has 0 radical (unpaired) electrons. The fourth-order valence-corrected chi connectivity index (χ4v) is 4.96. The molecule has 1 aliphatic rings. The molecule has 2 aromatic heterocycles. The zero-order valence-corrected chi connectivity index (χ0v) is 15.9. The van der Waals surface area contributed by atoms with Gasteiger partial charge < -0.3 is 9.67 Å². The number of rotatable bonds is 5. The Morgan fingerprint density at radius 3 is 2.77 bits per heavy atom. The van der Waals surface area contributed by atoms with Crippen molar-refractivity contribution < 1.29 is 5.11 Å². The topological polar surface area (TPSA) is 41.3 Å². The Labute approximate surface area is 158 Å². The van der Waals surface area contributed by atoms with Gasteiger partial charge in [-0.1, -0.05) is 30.3 Å². The van der Waals surface area contributed by atoms with Gasteiger partial charge in [-0.05, 0) is 42.5 Å². The van der Waals surface area contributed by atoms with Crippen LogP contribution in [0.15, 0.2) is 54.3 Å². The number of thiophene rings is 1. The number of β-amino-alcohol motifs (C(OH)–C–C–N with tert-alkyl or cyclic N) is 1. The average Bonchev–Trinajstić information content (AvgIpc) is 3.25. The molecule has 136 valence electrons. The molecule has 1 N–H and O–H groups in total. The van der Waals surface area contributed by atoms with Crippen LogP contribution in [0.4, 0.5) is 0 Å². The van der Waals surface area contributed by atoms with Gasteiger partial charge in [0.25, 0.3) is 0 Å². The summed E-state index contributed by atoms with van der Waals surface area (Å²) in [6.07, 6.45) is 4.56. The second kappa shape index (κ2) is 7.74. The maximum absolute atomic E-state index is 10.7. The largest absolute Gasteiger partial charge is 0.391 e. The summed E-state index contributed by atoms with van der Waals surface area (Å²) in [6, 6.07) is 12.6. The van der Waals surface area contributed by atoms with Crippen molar-refractivity contribution in [1.29, 1.82) is 0 Å². The lowest BCUT2D eigenvalue weighted by Gasteiger charge is -2.36. The fraction of sp³-hybridized carbons (Fsp3) is 0.381. The third-order valence-electron chi connectivity index (χ3n) is 5.28. The lowest BCUT2D eigenvalue weighted by molar-refractivity contribution is 0.0475. The van der Waals surface area contributed by atoms with Crippen LogP contribution < -0.4 is 0 Å². The molecule has 26 heavy (non-hydrogen) atoms. The van der Waals surface area contributed by atoms with E-state index in [1.807, 2.05) is 18.6 Å². The van der Waals surface area contributed by atoms with Crippen molar-refractivity contribution >= 4 is 11.3 Å². The van der Waals surface area contributed by atoms with Crippen LogP contribution in [0, 0.1) is 6.92 Å². The second-order valence-corrected chi connectivity index (χ2v) is 8.11. The van der Waals surface area contributed by atoms with Crippen LogP contribution in [0.1, 0.15) is 34.0 Å². The number of imidazole rings is 1. The van der Waals surface area contributed by atoms with Crippen molar-refractivity contribution in [3.8, 4) is 0 Å². The van der Waals surface area contributed by atoms with E-state index in [0.717, 1.165) is 32.6 Å². The Morgan fingerprint density at radius 1 is 1.19 bits per heavy atom. The molecular weight excluding hydrogens is 342 g/mol. The van der Waals surface area contributed by atoms with Gasteiger partial charge in [-0.2, -0.15) is 0 Å². The van der Waals surface area contributed by atoms with E-state index < -0.39 is 0 Å². The predicted octanol–water partition coefficient (Wildman–Crippen LogP) is 3.65. The molecule has 0 aliphatic carbocycles. The molecule has 0 amide bonds. The quantitative estimate of drug-likeness (QED) is 0.748. The van der Waals surface area contributed by atoms with Crippen LogP contribution in [-0.4, -0.2) is 38.8 Å². The maximum Gasteiger partial charge on any atom is 0.0951 e. The highest BCUT2D eigenvalue weighted by atomic mass is 32.1. The first-order chi connectivity index (χ1) is 12.7. The first kappa shape index (κ1) is 17.5. The molecule has 0 bridgehead atoms. The van der Waals surface area contributed by atoms with Gasteiger partial charge in [-0.15, -0.1) is 11.3 Å². The van der Waals surface area contributed by atoms with E-state index in [0.29, 0.717) is 0 Å². The lowest BCUT2D eigenvalue weighted by atomic mass is 9.90. The summed E-state index contributed by atoms with van der Waals surface area (Å²) in [5, 5.41) is 12.8. The Hall–Kier alpha value is -1.95. The lowest BCUT2D eigenvalue weighted by Crippen LogP contribution is -2.42. The van der Waals surface area contributed by atoms with Crippen molar-refractivity contribution in [1.82, 2.24) is 14.5 Å². The number of aryl methyl sites for hydroxylation is 1. The number of aliphatic hydroxyl groups excluding tert-OH is 1. The van der Waals surface area contributed by atoms with Gasteiger partial charge in [0.15, 0.2) is 0 Å². The van der Waals surface area contributed by atoms with Crippen LogP contribution in [0.25, 0.3) is 0 Å². The number of aliphatic hydroxyl groups is 1. The molecule has 1 fully saturated rings. The maximum atomic E-state index is 10.7. The van der Waals surface area contributed by atoms with E-state index in [4.69, 9.17) is 0 Å². The van der Waals surface area contributed by atoms with Crippen molar-refractivity contribution in [2.24, 2.45) is 0 Å². The van der Waals surface area contributed by atoms with E-state index in [2.05, 4.69) is 57.1 Å². The first-order valence-corrected chi connectivity index (χ1v) is 10.1. The van der Waals surface area contributed by atoms with Crippen molar-refractivity contribution in [3.05, 3.63) is 76.0 Å². The standard InChI is InChI=1S/C21H25N3OS/c1-16-8-10-26-21(16)19-7-9-23(14-20(19)25)13-18-11-22-15-24(18)12-17-5-3-2-4-6-17/h2-6,8,10-11,15,19-20,25H,7,9,12-14H2,1H3/t19-,20-/m1/s1. The molecule has 1 aromatic carbocycles. The summed E-state index contributed by atoms with van der Waals surface area (Å²) >= 11 is 1.78. The molecule has 4 rings (SSSR count). The molecule has 0 unspecified atom stereocenters. The van der Waals surface area contributed by atoms with Crippen molar-refractivity contribution in [3.63, 3.8) is 0 Å². The van der Waals surface area contributed by atoms with Crippen molar-refractivity contribution in [2.45, 2.75) is 38.5 Å². The summed E-state index contributed by atoms with van der Waals surface area (Å²) in [7, 11) is 0. The SMILES string of the molecule is Cc1ccsc1[C@@H]1CCN(Cc2cncn2Cc2ccccc2)C[C@H]1O. The van der Waals surface area contributed by atoms with E-state index in [9.17, 15) is 5.11 Å². The second-order valence-electron chi connectivity index (χ2n) is 7.16. The van der Waals surface area contributed by atoms with Crippen molar-refractivity contribution in [2.75, 3.05) is 13.1 Å². The zero-order valence-electron chi connectivity index (χ0n) is 15.1. The molecule has 0 saturated carbocycles. The molecule has 1 saturated heterocycles. The molecule has 0 spiro atoms. The first-order valence-electron chi connectivity index (χ1n) is 9.18. The third kappa shape index (κ3) is 3.75. The van der Waals surface area contributed by atoms with Gasteiger partial charge in [-0.25, -0.2) is 4.98 Å². The average molecular weight is 368 g/mol. The van der Waals surface area contributed by atoms with Gasteiger partial charge in [0, 0.05) is 36.6 Å². The Bertz CT molecular complexity index is 842. The number of hydrogen-bond acceptors (Lipinski definition) is 4. The smallest absolute Gasteiger partial charge is 0.0951 e. The Morgan fingerprint density at radius 2 is 2.04 bits per heavy atom. The molecule has 3 aromatic rings. The summed E-state index contributed by atoms with van der Waals surface area (Å²) in [6.45, 7) is 5.55. The number of likely N-dealkylation sites (tertiary alicyclic amines) is 1. The van der Waals surface area contributed by atoms with E-state index >= 15 is 0 Å². The molecule has 4 nitrogen and oxygen atoms in total. The molecule has 3 heterocycles. The number of piperidine rings is 1. The third-order valence-corrected chi connectivity index (χ3v) is 6.44. The number of hydrogen-bond donors (Lipinski definition) is 1. The predicted molar refractivity (Wildman–Crippen MR) is 105 cm³/mol. The minimum atomic E-state index is -0.299. The summed E-state index contributed by atoms with van der Waals surface area (Å²) in [4.78, 5) is 8.05. The molecule has 1 aliphatic heterocycles. The Balaban J connectivity index is 1.40. The highest BCUT2D eigenvalue weighted by Gasteiger charge is 2.30. The molecular formula is C21H25N3OS.